The van der Waals surface area contributed by atoms with Gasteiger partial charge in [0.25, 0.3) is 0 Å². The van der Waals surface area contributed by atoms with E-state index in [9.17, 15) is 0 Å². The molecule has 0 unspecified atom stereocenters. The third-order valence-corrected chi connectivity index (χ3v) is 22.3. The second kappa shape index (κ2) is 17.0. The lowest BCUT2D eigenvalue weighted by atomic mass is 9.59. The Hall–Kier alpha value is -9.12. The molecule has 0 saturated heterocycles. The van der Waals surface area contributed by atoms with Crippen LogP contribution in [0.15, 0.2) is 182 Å². The quantitative estimate of drug-likeness (QED) is 0.163. The molecule has 2 nitrogen and oxygen atoms in total. The van der Waals surface area contributed by atoms with Crippen molar-refractivity contribution in [1.29, 1.82) is 0 Å². The predicted molar refractivity (Wildman–Crippen MR) is 371 cm³/mol. The first-order valence-electron chi connectivity index (χ1n) is 32.6. The van der Waals surface area contributed by atoms with E-state index in [1.807, 2.05) is 0 Å². The smallest absolute Gasteiger partial charge is 0.158 e. The maximum absolute atomic E-state index is 20.2. The summed E-state index contributed by atoms with van der Waals surface area (Å²) in [4.78, 5) is 0. The number of rotatable bonds is 2. The molecule has 0 amide bonds. The molecule has 0 atom stereocenters. The van der Waals surface area contributed by atoms with Crippen LogP contribution in [0.5, 0.6) is 0 Å². The van der Waals surface area contributed by atoms with Crippen LogP contribution in [-0.2, 0) is 21.7 Å². The van der Waals surface area contributed by atoms with Gasteiger partial charge in [-0.2, -0.15) is 0 Å². The summed E-state index contributed by atoms with van der Waals surface area (Å²) in [6.45, 7) is 27.1. The molecule has 4 heterocycles. The molecule has 0 N–H and O–H groups in total. The molecule has 6 aliphatic rings. The number of aromatic nitrogens is 2. The molecule has 438 valence electrons. The fourth-order valence-corrected chi connectivity index (χ4v) is 18.0. The Morgan fingerprint density at radius 3 is 0.800 bits per heavy atom. The summed E-state index contributed by atoms with van der Waals surface area (Å²) in [6.07, 6.45) is 0. The van der Waals surface area contributed by atoms with Gasteiger partial charge in [-0.15, -0.1) is 0 Å². The molecule has 0 aliphatic heterocycles. The highest BCUT2D eigenvalue weighted by atomic mass is 19.1. The van der Waals surface area contributed by atoms with E-state index >= 15 is 8.78 Å². The van der Waals surface area contributed by atoms with E-state index in [2.05, 4.69) is 274 Å². The number of nitrogens with zero attached hydrogens (tertiary/aromatic N) is 2. The number of fused-ring (bicyclic) bond motifs is 12. The Labute approximate surface area is 524 Å². The molecular weight excluding hydrogens is 1100 g/mol. The lowest BCUT2D eigenvalue weighted by Crippen LogP contribution is -2.28. The lowest BCUT2D eigenvalue weighted by Gasteiger charge is -2.43. The van der Waals surface area contributed by atoms with Gasteiger partial charge in [0, 0.05) is 66.8 Å². The fraction of sp³-hybridized carbons (Fsp3) is 0.233. The monoisotopic (exact) mass is 1170 g/mol. The van der Waals surface area contributed by atoms with E-state index in [0.717, 1.165) is 87.8 Å². The second-order valence-corrected chi connectivity index (χ2v) is 31.3. The molecule has 0 spiro atoms. The summed E-state index contributed by atoms with van der Waals surface area (Å²) >= 11 is 0. The van der Waals surface area contributed by atoms with Crippen molar-refractivity contribution in [2.45, 2.75) is 128 Å². The molecule has 4 aromatic heterocycles. The minimum Gasteiger partial charge on any atom is -0.305 e. The van der Waals surface area contributed by atoms with Crippen molar-refractivity contribution in [3.05, 3.63) is 283 Å². The summed E-state index contributed by atoms with van der Waals surface area (Å²) in [5, 5.41) is 6.52. The summed E-state index contributed by atoms with van der Waals surface area (Å²) in [5.41, 5.74) is 28.5. The maximum atomic E-state index is 20.2. The van der Waals surface area contributed by atoms with Gasteiger partial charge in [0.1, 0.15) is 0 Å². The van der Waals surface area contributed by atoms with Gasteiger partial charge in [0.2, 0.25) is 0 Å². The minimum atomic E-state index is -0.387. The van der Waals surface area contributed by atoms with E-state index in [1.165, 1.54) is 77.9 Å². The number of benzene rings is 11. The molecule has 0 fully saturated rings. The largest absolute Gasteiger partial charge is 0.305 e. The van der Waals surface area contributed by atoms with Gasteiger partial charge in [-0.3, -0.25) is 0 Å². The first-order valence-corrected chi connectivity index (χ1v) is 32.6. The Bertz CT molecular complexity index is 5270. The molecule has 0 radical (unpaired) electrons. The van der Waals surface area contributed by atoms with Crippen molar-refractivity contribution in [3.63, 3.8) is 0 Å². The second-order valence-electron chi connectivity index (χ2n) is 31.3. The van der Waals surface area contributed by atoms with Gasteiger partial charge in [0.15, 0.2) is 11.6 Å². The number of halogens is 2. The van der Waals surface area contributed by atoms with Crippen LogP contribution in [-0.4, -0.2) is 8.80 Å². The van der Waals surface area contributed by atoms with E-state index in [-0.39, 0.29) is 57.0 Å². The molecule has 6 aliphatic carbocycles. The van der Waals surface area contributed by atoms with Crippen molar-refractivity contribution in [2.75, 3.05) is 0 Å². The Morgan fingerprint density at radius 1 is 0.278 bits per heavy atom. The Balaban J connectivity index is 1.00. The van der Waals surface area contributed by atoms with Gasteiger partial charge < -0.3 is 8.80 Å². The molecule has 4 heteroatoms. The standard InChI is InChI=1S/C86H70F2N2/c1-83(2,3)45-33-29-43(30-34-45)57-41-63-69(75-67-53-25-17-13-21-49(53)65(71(57)75)50-22-14-18-26-54(50)67)59-37-47(85(7,8)9)39-61-73-78(88)82-74(77(87)81(73)89(63)79(59)61)62-40-48(86(10,11)12)38-60-70-64(90(82)80(60)62)42-58(44-31-35-46(36-32-44)84(4,5)6)72-66-51-23-15-19-27-55(51)68(76(70)72)56-28-20-16-24-52(56)66/h13-42,65-68H,1-12H3. The predicted octanol–water partition coefficient (Wildman–Crippen LogP) is 22.8. The average molecular weight is 1170 g/mol. The maximum Gasteiger partial charge on any atom is 0.158 e. The number of hydrogen-bond acceptors (Lipinski definition) is 0. The van der Waals surface area contributed by atoms with Gasteiger partial charge in [-0.25, -0.2) is 8.78 Å². The molecular formula is C86H70F2N2. The van der Waals surface area contributed by atoms with Crippen LogP contribution in [0, 0.1) is 11.6 Å². The molecule has 4 bridgehead atoms. The third-order valence-electron chi connectivity index (χ3n) is 22.3. The van der Waals surface area contributed by atoms with Crippen molar-refractivity contribution in [1.82, 2.24) is 8.80 Å². The van der Waals surface area contributed by atoms with E-state index in [1.54, 1.807) is 0 Å². The summed E-state index contributed by atoms with van der Waals surface area (Å²) in [6, 6.07) is 68.5. The molecule has 21 rings (SSSR count). The van der Waals surface area contributed by atoms with Crippen molar-refractivity contribution >= 4 is 76.2 Å². The zero-order valence-corrected chi connectivity index (χ0v) is 53.3. The highest BCUT2D eigenvalue weighted by Crippen LogP contribution is 2.64. The SMILES string of the molecule is CC(C)(C)c1ccc(-c2cc3c(c4c2C2c5ccccc5C4c4ccccc42)c2cc(C(C)(C)C)cc4c5c(F)c6c(c(F)c5n3c24)c2cc(C(C)(C)C)cc3c4c5c(c(-c7ccc(C(C)(C)C)cc7)cc4n6c32)C2c3ccccc3C5c3ccccc32)cc1. The van der Waals surface area contributed by atoms with Crippen LogP contribution in [0.1, 0.15) is 196 Å². The Morgan fingerprint density at radius 2 is 0.533 bits per heavy atom. The van der Waals surface area contributed by atoms with Crippen LogP contribution in [0.2, 0.25) is 0 Å². The van der Waals surface area contributed by atoms with Crippen LogP contribution in [0.25, 0.3) is 98.4 Å². The van der Waals surface area contributed by atoms with Crippen LogP contribution in [0.3, 0.4) is 0 Å². The highest BCUT2D eigenvalue weighted by Gasteiger charge is 2.47. The first-order chi connectivity index (χ1) is 43.1. The van der Waals surface area contributed by atoms with Crippen LogP contribution >= 0.6 is 0 Å². The summed E-state index contributed by atoms with van der Waals surface area (Å²) in [7, 11) is 0. The van der Waals surface area contributed by atoms with Crippen molar-refractivity contribution < 1.29 is 8.78 Å². The van der Waals surface area contributed by atoms with Crippen LogP contribution < -0.4 is 0 Å². The van der Waals surface area contributed by atoms with Gasteiger partial charge in [-0.05, 0) is 169 Å². The first kappa shape index (κ1) is 52.8. The summed E-state index contributed by atoms with van der Waals surface area (Å²) < 4.78 is 44.7. The van der Waals surface area contributed by atoms with Gasteiger partial charge in [-0.1, -0.05) is 229 Å². The molecule has 15 aromatic rings. The van der Waals surface area contributed by atoms with Crippen LogP contribution in [0.4, 0.5) is 8.78 Å². The number of hydrogen-bond donors (Lipinski definition) is 0. The third kappa shape index (κ3) is 6.52. The Kier molecular flexibility index (Phi) is 9.98. The fourth-order valence-electron chi connectivity index (χ4n) is 18.0. The topological polar surface area (TPSA) is 8.82 Å². The van der Waals surface area contributed by atoms with Crippen molar-refractivity contribution in [2.24, 2.45) is 0 Å². The molecule has 11 aromatic carbocycles. The molecule has 90 heavy (non-hydrogen) atoms. The zero-order chi connectivity index (χ0) is 61.5. The molecule has 0 saturated carbocycles. The van der Waals surface area contributed by atoms with E-state index < -0.39 is 0 Å². The van der Waals surface area contributed by atoms with E-state index in [4.69, 9.17) is 0 Å². The average Bonchev–Trinajstić information content (AvgIpc) is 1.41. The van der Waals surface area contributed by atoms with Gasteiger partial charge in [0.05, 0.1) is 33.1 Å². The lowest BCUT2D eigenvalue weighted by molar-refractivity contribution is 0.590. The van der Waals surface area contributed by atoms with Crippen molar-refractivity contribution in [3.8, 4) is 22.3 Å². The van der Waals surface area contributed by atoms with E-state index in [0.29, 0.717) is 21.8 Å². The summed E-state index contributed by atoms with van der Waals surface area (Å²) in [5.74, 6) is -0.973. The zero-order valence-electron chi connectivity index (χ0n) is 53.3. The minimum absolute atomic E-state index is 0.0220. The highest BCUT2D eigenvalue weighted by molar-refractivity contribution is 6.31. The van der Waals surface area contributed by atoms with Gasteiger partial charge >= 0.3 is 0 Å². The normalized spacial score (nSPS) is 17.7.